The zero-order valence-corrected chi connectivity index (χ0v) is 13.0. The molecule has 0 spiro atoms. The standard InChI is InChI=1S/C13H22N6S/c1-4-5-14-13-18-11(15-6-9(2)7-20-3)10-12(19-13)17-8-16-10/h8-9H,4-7H2,1-3H3,(H3,14,15,16,17,18,19). The fraction of sp³-hybridized carbons (Fsp3) is 0.615. The lowest BCUT2D eigenvalue weighted by Crippen LogP contribution is -2.15. The first kappa shape index (κ1) is 14.9. The first-order chi connectivity index (χ1) is 9.74. The Morgan fingerprint density at radius 1 is 1.35 bits per heavy atom. The number of aromatic nitrogens is 4. The van der Waals surface area contributed by atoms with Gasteiger partial charge in [0.05, 0.1) is 6.33 Å². The van der Waals surface area contributed by atoms with Crippen LogP contribution >= 0.6 is 11.8 Å². The smallest absolute Gasteiger partial charge is 0.226 e. The molecule has 1 atom stereocenters. The van der Waals surface area contributed by atoms with Gasteiger partial charge in [0.15, 0.2) is 11.5 Å². The van der Waals surface area contributed by atoms with Gasteiger partial charge < -0.3 is 15.6 Å². The Balaban J connectivity index is 2.14. The van der Waals surface area contributed by atoms with Gasteiger partial charge in [-0.05, 0) is 24.3 Å². The monoisotopic (exact) mass is 294 g/mol. The predicted octanol–water partition coefficient (Wildman–Crippen LogP) is 2.59. The van der Waals surface area contributed by atoms with Crippen LogP contribution < -0.4 is 10.6 Å². The SMILES string of the molecule is CCCNc1nc(NCC(C)CSC)c2[nH]cnc2n1. The van der Waals surface area contributed by atoms with Crippen LogP contribution in [-0.2, 0) is 0 Å². The van der Waals surface area contributed by atoms with Crippen molar-refractivity contribution in [3.05, 3.63) is 6.33 Å². The molecule has 3 N–H and O–H groups in total. The molecule has 2 heterocycles. The van der Waals surface area contributed by atoms with E-state index in [-0.39, 0.29) is 0 Å². The molecule has 20 heavy (non-hydrogen) atoms. The number of rotatable bonds is 8. The number of H-pyrrole nitrogens is 1. The highest BCUT2D eigenvalue weighted by atomic mass is 32.2. The van der Waals surface area contributed by atoms with Gasteiger partial charge in [0.1, 0.15) is 5.52 Å². The second kappa shape index (κ2) is 7.33. The molecule has 0 bridgehead atoms. The number of aromatic amines is 1. The second-order valence-corrected chi connectivity index (χ2v) is 5.78. The number of imidazole rings is 1. The van der Waals surface area contributed by atoms with Gasteiger partial charge >= 0.3 is 0 Å². The molecule has 110 valence electrons. The van der Waals surface area contributed by atoms with E-state index in [0.717, 1.165) is 36.6 Å². The first-order valence-corrected chi connectivity index (χ1v) is 8.31. The third kappa shape index (κ3) is 3.75. The zero-order chi connectivity index (χ0) is 14.4. The van der Waals surface area contributed by atoms with Gasteiger partial charge in [-0.15, -0.1) is 0 Å². The lowest BCUT2D eigenvalue weighted by molar-refractivity contribution is 0.700. The van der Waals surface area contributed by atoms with Crippen LogP contribution in [-0.4, -0.2) is 45.0 Å². The lowest BCUT2D eigenvalue weighted by atomic mass is 10.2. The Morgan fingerprint density at radius 2 is 2.20 bits per heavy atom. The molecule has 6 nitrogen and oxygen atoms in total. The maximum atomic E-state index is 4.53. The van der Waals surface area contributed by atoms with Crippen LogP contribution in [0.2, 0.25) is 0 Å². The van der Waals surface area contributed by atoms with E-state index in [1.807, 2.05) is 11.8 Å². The van der Waals surface area contributed by atoms with Crippen molar-refractivity contribution in [3.63, 3.8) is 0 Å². The number of hydrogen-bond donors (Lipinski definition) is 3. The van der Waals surface area contributed by atoms with Gasteiger partial charge in [-0.25, -0.2) is 4.98 Å². The van der Waals surface area contributed by atoms with Crippen LogP contribution in [0.5, 0.6) is 0 Å². The Hall–Kier alpha value is -1.50. The number of nitrogens with one attached hydrogen (secondary N) is 3. The van der Waals surface area contributed by atoms with E-state index in [2.05, 4.69) is 50.7 Å². The molecular formula is C13H22N6S. The minimum absolute atomic E-state index is 0.588. The number of thioether (sulfide) groups is 1. The van der Waals surface area contributed by atoms with Gasteiger partial charge in [-0.2, -0.15) is 21.7 Å². The average Bonchev–Trinajstić information content (AvgIpc) is 2.91. The number of anilines is 2. The summed E-state index contributed by atoms with van der Waals surface area (Å²) in [6.45, 7) is 6.09. The van der Waals surface area contributed by atoms with Crippen molar-refractivity contribution < 1.29 is 0 Å². The predicted molar refractivity (Wildman–Crippen MR) is 86.5 cm³/mol. The van der Waals surface area contributed by atoms with Crippen LogP contribution in [0.15, 0.2) is 6.33 Å². The largest absolute Gasteiger partial charge is 0.368 e. The molecule has 0 aliphatic heterocycles. The summed E-state index contributed by atoms with van der Waals surface area (Å²) >= 11 is 1.86. The molecule has 2 aromatic rings. The zero-order valence-electron chi connectivity index (χ0n) is 12.2. The molecule has 0 aliphatic rings. The van der Waals surface area contributed by atoms with Gasteiger partial charge in [0.2, 0.25) is 5.95 Å². The fourth-order valence-corrected chi connectivity index (χ4v) is 2.58. The topological polar surface area (TPSA) is 78.5 Å². The van der Waals surface area contributed by atoms with Crippen molar-refractivity contribution in [2.45, 2.75) is 20.3 Å². The maximum absolute atomic E-state index is 4.53. The van der Waals surface area contributed by atoms with Crippen LogP contribution in [0, 0.1) is 5.92 Å². The number of nitrogens with zero attached hydrogens (tertiary/aromatic N) is 3. The van der Waals surface area contributed by atoms with Crippen LogP contribution in [0.3, 0.4) is 0 Å². The molecule has 7 heteroatoms. The summed E-state index contributed by atoms with van der Waals surface area (Å²) in [7, 11) is 0. The van der Waals surface area contributed by atoms with Crippen molar-refractivity contribution in [2.24, 2.45) is 5.92 Å². The van der Waals surface area contributed by atoms with Gasteiger partial charge in [0.25, 0.3) is 0 Å². The molecule has 0 saturated carbocycles. The fourth-order valence-electron chi connectivity index (χ4n) is 1.89. The van der Waals surface area contributed by atoms with E-state index in [1.54, 1.807) is 6.33 Å². The van der Waals surface area contributed by atoms with Crippen molar-refractivity contribution in [3.8, 4) is 0 Å². The Bertz CT molecular complexity index is 541. The summed E-state index contributed by atoms with van der Waals surface area (Å²) in [6, 6.07) is 0. The van der Waals surface area contributed by atoms with Gasteiger partial charge in [-0.1, -0.05) is 13.8 Å². The summed E-state index contributed by atoms with van der Waals surface area (Å²) in [6.07, 6.45) is 4.82. The van der Waals surface area contributed by atoms with Crippen LogP contribution in [0.1, 0.15) is 20.3 Å². The highest BCUT2D eigenvalue weighted by Crippen LogP contribution is 2.19. The molecule has 0 aromatic carbocycles. The van der Waals surface area contributed by atoms with Crippen molar-refractivity contribution >= 4 is 34.7 Å². The molecule has 0 saturated heterocycles. The van der Waals surface area contributed by atoms with Crippen molar-refractivity contribution in [1.29, 1.82) is 0 Å². The van der Waals surface area contributed by atoms with E-state index < -0.39 is 0 Å². The normalized spacial score (nSPS) is 12.6. The van der Waals surface area contributed by atoms with E-state index in [4.69, 9.17) is 0 Å². The minimum Gasteiger partial charge on any atom is -0.368 e. The molecule has 2 aromatic heterocycles. The van der Waals surface area contributed by atoms with E-state index in [0.29, 0.717) is 17.5 Å². The number of hydrogen-bond acceptors (Lipinski definition) is 6. The Labute approximate surface area is 123 Å². The molecule has 0 radical (unpaired) electrons. The first-order valence-electron chi connectivity index (χ1n) is 6.92. The summed E-state index contributed by atoms with van der Waals surface area (Å²) in [5.41, 5.74) is 1.56. The van der Waals surface area contributed by atoms with Crippen molar-refractivity contribution in [1.82, 2.24) is 19.9 Å². The lowest BCUT2D eigenvalue weighted by Gasteiger charge is -2.13. The highest BCUT2D eigenvalue weighted by Gasteiger charge is 2.10. The Morgan fingerprint density at radius 3 is 2.95 bits per heavy atom. The molecule has 2 rings (SSSR count). The maximum Gasteiger partial charge on any atom is 0.226 e. The molecule has 1 unspecified atom stereocenters. The summed E-state index contributed by atoms with van der Waals surface area (Å²) in [4.78, 5) is 16.2. The minimum atomic E-state index is 0.588. The highest BCUT2D eigenvalue weighted by molar-refractivity contribution is 7.98. The number of fused-ring (bicyclic) bond motifs is 1. The van der Waals surface area contributed by atoms with Gasteiger partial charge in [-0.3, -0.25) is 0 Å². The third-order valence-corrected chi connectivity index (χ3v) is 3.79. The van der Waals surface area contributed by atoms with E-state index in [9.17, 15) is 0 Å². The summed E-state index contributed by atoms with van der Waals surface area (Å²) in [5, 5.41) is 6.61. The van der Waals surface area contributed by atoms with Crippen LogP contribution in [0.4, 0.5) is 11.8 Å². The second-order valence-electron chi connectivity index (χ2n) is 4.87. The van der Waals surface area contributed by atoms with E-state index >= 15 is 0 Å². The molecular weight excluding hydrogens is 272 g/mol. The summed E-state index contributed by atoms with van der Waals surface area (Å²) < 4.78 is 0. The quantitative estimate of drug-likeness (QED) is 0.694. The molecule has 0 aliphatic carbocycles. The third-order valence-electron chi connectivity index (χ3n) is 2.89. The average molecular weight is 294 g/mol. The van der Waals surface area contributed by atoms with Gasteiger partial charge in [0, 0.05) is 13.1 Å². The van der Waals surface area contributed by atoms with Crippen LogP contribution in [0.25, 0.3) is 11.2 Å². The summed E-state index contributed by atoms with van der Waals surface area (Å²) in [5.74, 6) is 3.17. The van der Waals surface area contributed by atoms with Crippen molar-refractivity contribution in [2.75, 3.05) is 35.7 Å². The van der Waals surface area contributed by atoms with E-state index in [1.165, 1.54) is 0 Å². The molecule has 0 fully saturated rings. The Kier molecular flexibility index (Phi) is 5.46. The molecule has 0 amide bonds.